The van der Waals surface area contributed by atoms with Gasteiger partial charge in [-0.15, -0.1) is 11.3 Å². The van der Waals surface area contributed by atoms with Crippen LogP contribution in [0.5, 0.6) is 0 Å². The molecule has 0 saturated carbocycles. The second kappa shape index (κ2) is 10.4. The van der Waals surface area contributed by atoms with Gasteiger partial charge in [0, 0.05) is 43.2 Å². The highest BCUT2D eigenvalue weighted by Gasteiger charge is 2.28. The fraction of sp³-hybridized carbons (Fsp3) is 0.333. The summed E-state index contributed by atoms with van der Waals surface area (Å²) in [5.74, 6) is -0.866. The summed E-state index contributed by atoms with van der Waals surface area (Å²) in [5, 5.41) is 1.84. The van der Waals surface area contributed by atoms with Crippen LogP contribution in [-0.2, 0) is 18.2 Å². The van der Waals surface area contributed by atoms with E-state index in [0.29, 0.717) is 40.4 Å². The lowest BCUT2D eigenvalue weighted by Crippen LogP contribution is -2.37. The molecule has 0 N–H and O–H groups in total. The van der Waals surface area contributed by atoms with Crippen molar-refractivity contribution in [2.45, 2.75) is 27.2 Å². The normalized spacial score (nSPS) is 10.8. The first-order valence-electron chi connectivity index (χ1n) is 10.4. The molecule has 0 bridgehead atoms. The van der Waals surface area contributed by atoms with Crippen molar-refractivity contribution >= 4 is 29.0 Å². The number of Topliss-reactive ketones (excluding diaryl/α,β-unsaturated/α-hetero) is 1. The van der Waals surface area contributed by atoms with Crippen molar-refractivity contribution in [2.75, 3.05) is 19.7 Å². The zero-order chi connectivity index (χ0) is 23.3. The maximum Gasteiger partial charge on any atom is 0.355 e. The molecule has 0 unspecified atom stereocenters. The Morgan fingerprint density at radius 2 is 1.94 bits per heavy atom. The molecule has 0 radical (unpaired) electrons. The highest BCUT2D eigenvalue weighted by molar-refractivity contribution is 7.12. The van der Waals surface area contributed by atoms with E-state index < -0.39 is 5.97 Å². The molecule has 3 heterocycles. The molecule has 3 aromatic rings. The van der Waals surface area contributed by atoms with E-state index in [9.17, 15) is 14.4 Å². The third-order valence-corrected chi connectivity index (χ3v) is 6.25. The van der Waals surface area contributed by atoms with Gasteiger partial charge in [-0.3, -0.25) is 14.6 Å². The Labute approximate surface area is 191 Å². The predicted octanol–water partition coefficient (Wildman–Crippen LogP) is 3.84. The lowest BCUT2D eigenvalue weighted by atomic mass is 10.0. The van der Waals surface area contributed by atoms with Crippen LogP contribution in [0.25, 0.3) is 0 Å². The van der Waals surface area contributed by atoms with Gasteiger partial charge in [-0.1, -0.05) is 12.1 Å². The first kappa shape index (κ1) is 23.4. The van der Waals surface area contributed by atoms with Crippen molar-refractivity contribution in [3.05, 3.63) is 75.0 Å². The molecule has 3 aromatic heterocycles. The monoisotopic (exact) mass is 453 g/mol. The largest absolute Gasteiger partial charge is 0.461 e. The Hall–Kier alpha value is -3.26. The first-order valence-corrected chi connectivity index (χ1v) is 11.3. The average molecular weight is 454 g/mol. The Morgan fingerprint density at radius 1 is 1.16 bits per heavy atom. The van der Waals surface area contributed by atoms with Gasteiger partial charge in [0.2, 0.25) is 0 Å². The second-order valence-corrected chi connectivity index (χ2v) is 8.36. The third kappa shape index (κ3) is 4.96. The predicted molar refractivity (Wildman–Crippen MR) is 123 cm³/mol. The van der Waals surface area contributed by atoms with Gasteiger partial charge in [0.1, 0.15) is 5.69 Å². The van der Waals surface area contributed by atoms with Gasteiger partial charge >= 0.3 is 5.97 Å². The van der Waals surface area contributed by atoms with Crippen LogP contribution in [0.4, 0.5) is 0 Å². The van der Waals surface area contributed by atoms with E-state index in [1.807, 2.05) is 29.6 Å². The molecule has 0 aromatic carbocycles. The summed E-state index contributed by atoms with van der Waals surface area (Å²) in [6, 6.07) is 9.19. The Morgan fingerprint density at radius 3 is 2.56 bits per heavy atom. The van der Waals surface area contributed by atoms with Crippen LogP contribution < -0.4 is 0 Å². The molecule has 0 atom stereocenters. The van der Waals surface area contributed by atoms with Crippen molar-refractivity contribution in [3.63, 3.8) is 0 Å². The van der Waals surface area contributed by atoms with Crippen molar-refractivity contribution in [1.29, 1.82) is 0 Å². The summed E-state index contributed by atoms with van der Waals surface area (Å²) in [7, 11) is 1.74. The molecule has 0 spiro atoms. The number of nitrogens with zero attached hydrogens (tertiary/aromatic N) is 3. The van der Waals surface area contributed by atoms with Gasteiger partial charge in [-0.25, -0.2) is 4.79 Å². The fourth-order valence-electron chi connectivity index (χ4n) is 3.73. The number of hydrogen-bond donors (Lipinski definition) is 0. The standard InChI is InChI=1S/C24H27N3O4S/c1-5-31-24(30)22-16(2)21(17(3)26(22)4)19(28)15-27(23(29)20-10-8-14-32-20)13-11-18-9-6-7-12-25-18/h6-10,12,14H,5,11,13,15H2,1-4H3. The van der Waals surface area contributed by atoms with Crippen LogP contribution in [0.1, 0.15) is 54.4 Å². The van der Waals surface area contributed by atoms with Gasteiger partial charge in [0.25, 0.3) is 5.91 Å². The van der Waals surface area contributed by atoms with Crippen molar-refractivity contribution in [1.82, 2.24) is 14.5 Å². The fourth-order valence-corrected chi connectivity index (χ4v) is 4.42. The number of amides is 1. The maximum absolute atomic E-state index is 13.4. The Bertz CT molecular complexity index is 1100. The maximum atomic E-state index is 13.4. The smallest absolute Gasteiger partial charge is 0.355 e. The zero-order valence-corrected chi connectivity index (χ0v) is 19.6. The molecule has 0 saturated heterocycles. The molecule has 8 heteroatoms. The second-order valence-electron chi connectivity index (χ2n) is 7.41. The Kier molecular flexibility index (Phi) is 7.58. The minimum atomic E-state index is -0.462. The molecule has 168 valence electrons. The molecule has 0 aliphatic carbocycles. The number of esters is 1. The number of carbonyl (C=O) groups excluding carboxylic acids is 3. The van der Waals surface area contributed by atoms with Gasteiger partial charge < -0.3 is 14.2 Å². The molecule has 7 nitrogen and oxygen atoms in total. The molecule has 1 amide bonds. The summed E-state index contributed by atoms with van der Waals surface area (Å²) >= 11 is 1.34. The quantitative estimate of drug-likeness (QED) is 0.363. The van der Waals surface area contributed by atoms with E-state index in [0.717, 1.165) is 5.69 Å². The number of pyridine rings is 1. The molecule has 0 fully saturated rings. The summed E-state index contributed by atoms with van der Waals surface area (Å²) < 4.78 is 6.83. The van der Waals surface area contributed by atoms with E-state index in [4.69, 9.17) is 4.74 Å². The zero-order valence-electron chi connectivity index (χ0n) is 18.8. The summed E-state index contributed by atoms with van der Waals surface area (Å²) in [6.07, 6.45) is 2.24. The number of carbonyl (C=O) groups is 3. The minimum absolute atomic E-state index is 0.0858. The topological polar surface area (TPSA) is 81.5 Å². The number of rotatable bonds is 9. The van der Waals surface area contributed by atoms with Gasteiger partial charge in [0.15, 0.2) is 5.78 Å². The number of thiophene rings is 1. The van der Waals surface area contributed by atoms with E-state index >= 15 is 0 Å². The molecule has 3 rings (SSSR count). The lowest BCUT2D eigenvalue weighted by molar-refractivity contribution is 0.0514. The third-order valence-electron chi connectivity index (χ3n) is 5.40. The molecule has 0 aliphatic rings. The van der Waals surface area contributed by atoms with E-state index in [1.165, 1.54) is 11.3 Å². The van der Waals surface area contributed by atoms with E-state index in [-0.39, 0.29) is 24.8 Å². The summed E-state index contributed by atoms with van der Waals surface area (Å²) in [5.41, 5.74) is 2.90. The van der Waals surface area contributed by atoms with E-state index in [2.05, 4.69) is 4.98 Å². The van der Waals surface area contributed by atoms with Gasteiger partial charge in [0.05, 0.1) is 18.0 Å². The van der Waals surface area contributed by atoms with Crippen molar-refractivity contribution in [3.8, 4) is 0 Å². The van der Waals surface area contributed by atoms with Gasteiger partial charge in [-0.2, -0.15) is 0 Å². The number of ketones is 1. The highest BCUT2D eigenvalue weighted by Crippen LogP contribution is 2.23. The van der Waals surface area contributed by atoms with Crippen LogP contribution in [0, 0.1) is 13.8 Å². The number of ether oxygens (including phenoxy) is 1. The van der Waals surface area contributed by atoms with E-state index in [1.54, 1.807) is 49.5 Å². The lowest BCUT2D eigenvalue weighted by Gasteiger charge is -2.21. The van der Waals surface area contributed by atoms with Crippen molar-refractivity contribution in [2.24, 2.45) is 7.05 Å². The molecule has 32 heavy (non-hydrogen) atoms. The number of aromatic nitrogens is 2. The number of hydrogen-bond acceptors (Lipinski definition) is 6. The molecule has 0 aliphatic heterocycles. The van der Waals surface area contributed by atoms with Crippen LogP contribution in [-0.4, -0.2) is 51.8 Å². The first-order chi connectivity index (χ1) is 15.3. The van der Waals surface area contributed by atoms with Gasteiger partial charge in [-0.05, 0) is 49.9 Å². The SMILES string of the molecule is CCOC(=O)c1c(C)c(C(=O)CN(CCc2ccccn2)C(=O)c2cccs2)c(C)n1C. The van der Waals surface area contributed by atoms with Crippen LogP contribution in [0.2, 0.25) is 0 Å². The molecular weight excluding hydrogens is 426 g/mol. The summed E-state index contributed by atoms with van der Waals surface area (Å²) in [4.78, 5) is 45.3. The van der Waals surface area contributed by atoms with Crippen LogP contribution >= 0.6 is 11.3 Å². The summed E-state index contributed by atoms with van der Waals surface area (Å²) in [6.45, 7) is 5.80. The van der Waals surface area contributed by atoms with Crippen LogP contribution in [0.3, 0.4) is 0 Å². The van der Waals surface area contributed by atoms with Crippen molar-refractivity contribution < 1.29 is 19.1 Å². The average Bonchev–Trinajstić information content (AvgIpc) is 3.39. The Balaban J connectivity index is 1.87. The molecular formula is C24H27N3O4S. The minimum Gasteiger partial charge on any atom is -0.461 e. The van der Waals surface area contributed by atoms with Crippen LogP contribution in [0.15, 0.2) is 41.9 Å². The highest BCUT2D eigenvalue weighted by atomic mass is 32.1.